The van der Waals surface area contributed by atoms with Gasteiger partial charge < -0.3 is 14.6 Å². The van der Waals surface area contributed by atoms with Crippen molar-refractivity contribution in [1.82, 2.24) is 0 Å². The van der Waals surface area contributed by atoms with Crippen LogP contribution in [0.5, 0.6) is 11.5 Å². The van der Waals surface area contributed by atoms with Gasteiger partial charge in [-0.2, -0.15) is 0 Å². The van der Waals surface area contributed by atoms with Crippen LogP contribution in [-0.4, -0.2) is 31.0 Å². The molecule has 1 unspecified atom stereocenters. The molecule has 3 aromatic rings. The fourth-order valence-electron chi connectivity index (χ4n) is 4.02. The van der Waals surface area contributed by atoms with Gasteiger partial charge in [0.2, 0.25) is 0 Å². The molecule has 0 bridgehead atoms. The first-order chi connectivity index (χ1) is 15.9. The first-order valence-electron chi connectivity index (χ1n) is 10.2. The molecule has 168 valence electrons. The zero-order valence-corrected chi connectivity index (χ0v) is 19.9. The number of hydrogen-bond acceptors (Lipinski definition) is 5. The molecular weight excluding hydrogens is 486 g/mol. The van der Waals surface area contributed by atoms with Crippen molar-refractivity contribution in [3.8, 4) is 11.5 Å². The Morgan fingerprint density at radius 3 is 2.39 bits per heavy atom. The highest BCUT2D eigenvalue weighted by molar-refractivity contribution is 9.10. The summed E-state index contributed by atoms with van der Waals surface area (Å²) in [6.45, 7) is 1.91. The van der Waals surface area contributed by atoms with Crippen LogP contribution in [0.4, 0.5) is 5.69 Å². The van der Waals surface area contributed by atoms with Crippen molar-refractivity contribution >= 4 is 39.1 Å². The van der Waals surface area contributed by atoms with Crippen LogP contribution < -0.4 is 14.4 Å². The number of hydrogen-bond donors (Lipinski definition) is 1. The smallest absolute Gasteiger partial charge is 0.300 e. The fraction of sp³-hybridized carbons (Fsp3) is 0.154. The SMILES string of the molecule is COc1cccc(N2C(=O)C(=O)/C(=C(/O)c3ccc(OC)c(Br)c3)C2c2ccccc2C)c1. The van der Waals surface area contributed by atoms with E-state index < -0.39 is 17.7 Å². The van der Waals surface area contributed by atoms with Crippen molar-refractivity contribution in [2.24, 2.45) is 0 Å². The van der Waals surface area contributed by atoms with E-state index in [1.165, 1.54) is 19.1 Å². The molecule has 1 amide bonds. The molecule has 1 heterocycles. The lowest BCUT2D eigenvalue weighted by Gasteiger charge is -2.27. The highest BCUT2D eigenvalue weighted by atomic mass is 79.9. The molecule has 1 atom stereocenters. The average Bonchev–Trinajstić information content (AvgIpc) is 3.09. The van der Waals surface area contributed by atoms with E-state index in [0.29, 0.717) is 27.2 Å². The lowest BCUT2D eigenvalue weighted by molar-refractivity contribution is -0.132. The van der Waals surface area contributed by atoms with Gasteiger partial charge in [0.05, 0.1) is 30.3 Å². The maximum Gasteiger partial charge on any atom is 0.300 e. The molecule has 33 heavy (non-hydrogen) atoms. The molecule has 7 heteroatoms. The first-order valence-corrected chi connectivity index (χ1v) is 11.0. The molecule has 0 aromatic heterocycles. The molecule has 0 radical (unpaired) electrons. The Balaban J connectivity index is 1.96. The largest absolute Gasteiger partial charge is 0.507 e. The first kappa shape index (κ1) is 22.6. The number of Topliss-reactive ketones (excluding diaryl/α,β-unsaturated/α-hetero) is 1. The minimum atomic E-state index is -0.806. The topological polar surface area (TPSA) is 76.1 Å². The average molecular weight is 508 g/mol. The number of aliphatic hydroxyl groups is 1. The number of aryl methyl sites for hydroxylation is 1. The second-order valence-corrected chi connectivity index (χ2v) is 8.43. The Morgan fingerprint density at radius 2 is 1.73 bits per heavy atom. The molecule has 3 aromatic carbocycles. The van der Waals surface area contributed by atoms with Gasteiger partial charge >= 0.3 is 0 Å². The van der Waals surface area contributed by atoms with Crippen LogP contribution in [-0.2, 0) is 9.59 Å². The minimum Gasteiger partial charge on any atom is -0.507 e. The van der Waals surface area contributed by atoms with Crippen LogP contribution in [0.2, 0.25) is 0 Å². The number of benzene rings is 3. The van der Waals surface area contributed by atoms with E-state index in [0.717, 1.165) is 11.1 Å². The van der Waals surface area contributed by atoms with E-state index in [9.17, 15) is 14.7 Å². The Labute approximate surface area is 200 Å². The number of amides is 1. The van der Waals surface area contributed by atoms with Crippen molar-refractivity contribution in [3.05, 3.63) is 93.5 Å². The molecule has 0 aliphatic carbocycles. The lowest BCUT2D eigenvalue weighted by atomic mass is 9.92. The molecule has 1 saturated heterocycles. The van der Waals surface area contributed by atoms with Gasteiger partial charge in [-0.05, 0) is 64.3 Å². The Kier molecular flexibility index (Phi) is 6.24. The zero-order chi connectivity index (χ0) is 23.7. The predicted octanol–water partition coefficient (Wildman–Crippen LogP) is 5.40. The summed E-state index contributed by atoms with van der Waals surface area (Å²) in [7, 11) is 3.07. The van der Waals surface area contributed by atoms with Gasteiger partial charge in [-0.25, -0.2) is 0 Å². The third-order valence-corrected chi connectivity index (χ3v) is 6.30. The van der Waals surface area contributed by atoms with Crippen LogP contribution >= 0.6 is 15.9 Å². The number of anilines is 1. The van der Waals surface area contributed by atoms with Gasteiger partial charge in [0.25, 0.3) is 11.7 Å². The second kappa shape index (κ2) is 9.11. The van der Waals surface area contributed by atoms with Crippen molar-refractivity contribution in [2.75, 3.05) is 19.1 Å². The number of halogens is 1. The van der Waals surface area contributed by atoms with Crippen LogP contribution in [0.3, 0.4) is 0 Å². The number of carbonyl (C=O) groups is 2. The van der Waals surface area contributed by atoms with Gasteiger partial charge in [-0.3, -0.25) is 14.5 Å². The summed E-state index contributed by atoms with van der Waals surface area (Å²) in [5.41, 5.74) is 2.55. The number of nitrogens with zero attached hydrogens (tertiary/aromatic N) is 1. The third kappa shape index (κ3) is 4.00. The molecule has 1 fully saturated rings. The standard InChI is InChI=1S/C26H22BrNO5/c1-15-7-4-5-10-19(15)23-22(24(29)16-11-12-21(33-3)20(27)13-16)25(30)26(31)28(23)17-8-6-9-18(14-17)32-2/h4-14,23,29H,1-3H3/b24-22+. The second-order valence-electron chi connectivity index (χ2n) is 7.58. The van der Waals surface area contributed by atoms with Gasteiger partial charge in [0.1, 0.15) is 17.3 Å². The molecule has 0 saturated carbocycles. The maximum absolute atomic E-state index is 13.3. The van der Waals surface area contributed by atoms with E-state index in [-0.39, 0.29) is 11.3 Å². The number of carbonyl (C=O) groups excluding carboxylic acids is 2. The highest BCUT2D eigenvalue weighted by Crippen LogP contribution is 2.44. The number of rotatable bonds is 5. The van der Waals surface area contributed by atoms with E-state index in [4.69, 9.17) is 9.47 Å². The number of methoxy groups -OCH3 is 2. The zero-order valence-electron chi connectivity index (χ0n) is 18.3. The Hall–Kier alpha value is -3.58. The summed E-state index contributed by atoms with van der Waals surface area (Å²) in [5.74, 6) is -0.590. The predicted molar refractivity (Wildman–Crippen MR) is 130 cm³/mol. The summed E-state index contributed by atoms with van der Waals surface area (Å²) in [4.78, 5) is 28.0. The molecule has 4 rings (SSSR count). The van der Waals surface area contributed by atoms with E-state index in [1.54, 1.807) is 42.5 Å². The van der Waals surface area contributed by atoms with Crippen molar-refractivity contribution in [2.45, 2.75) is 13.0 Å². The van der Waals surface area contributed by atoms with Crippen LogP contribution in [0.1, 0.15) is 22.7 Å². The Morgan fingerprint density at radius 1 is 0.970 bits per heavy atom. The van der Waals surface area contributed by atoms with Crippen LogP contribution in [0, 0.1) is 6.92 Å². The van der Waals surface area contributed by atoms with Crippen LogP contribution in [0.15, 0.2) is 76.8 Å². The van der Waals surface area contributed by atoms with Gasteiger partial charge in [-0.1, -0.05) is 30.3 Å². The monoisotopic (exact) mass is 507 g/mol. The summed E-state index contributed by atoms with van der Waals surface area (Å²) < 4.78 is 11.2. The third-order valence-electron chi connectivity index (χ3n) is 5.68. The quantitative estimate of drug-likeness (QED) is 0.284. The van der Waals surface area contributed by atoms with Gasteiger partial charge in [0.15, 0.2) is 0 Å². The van der Waals surface area contributed by atoms with E-state index in [1.807, 2.05) is 31.2 Å². The number of aliphatic hydroxyl groups excluding tert-OH is 1. The molecule has 1 aliphatic rings. The van der Waals surface area contributed by atoms with E-state index in [2.05, 4.69) is 15.9 Å². The Bertz CT molecular complexity index is 1280. The van der Waals surface area contributed by atoms with Crippen LogP contribution in [0.25, 0.3) is 5.76 Å². The summed E-state index contributed by atoms with van der Waals surface area (Å²) >= 11 is 3.41. The number of ether oxygens (including phenoxy) is 2. The molecule has 0 spiro atoms. The van der Waals surface area contributed by atoms with Crippen molar-refractivity contribution in [1.29, 1.82) is 0 Å². The highest BCUT2D eigenvalue weighted by Gasteiger charge is 2.47. The lowest BCUT2D eigenvalue weighted by Crippen LogP contribution is -2.29. The summed E-state index contributed by atoms with van der Waals surface area (Å²) in [6.07, 6.45) is 0. The van der Waals surface area contributed by atoms with Gasteiger partial charge in [-0.15, -0.1) is 0 Å². The molecule has 6 nitrogen and oxygen atoms in total. The van der Waals surface area contributed by atoms with Crippen molar-refractivity contribution < 1.29 is 24.2 Å². The molecular formula is C26H22BrNO5. The minimum absolute atomic E-state index is 0.0224. The summed E-state index contributed by atoms with van der Waals surface area (Å²) in [6, 6.07) is 18.6. The molecule has 1 N–H and O–H groups in total. The van der Waals surface area contributed by atoms with E-state index >= 15 is 0 Å². The molecule has 1 aliphatic heterocycles. The van der Waals surface area contributed by atoms with Crippen molar-refractivity contribution in [3.63, 3.8) is 0 Å². The maximum atomic E-state index is 13.3. The number of ketones is 1. The summed E-state index contributed by atoms with van der Waals surface area (Å²) in [5, 5.41) is 11.3. The normalized spacial score (nSPS) is 17.3. The fourth-order valence-corrected chi connectivity index (χ4v) is 4.56. The van der Waals surface area contributed by atoms with Gasteiger partial charge in [0, 0.05) is 17.3 Å².